The number of carboxylic acids is 1. The number of halogens is 7. The molecule has 0 bridgehead atoms. The monoisotopic (exact) mass is 648 g/mol. The lowest BCUT2D eigenvalue weighted by Crippen LogP contribution is -2.29. The molecule has 1 heterocycles. The summed E-state index contributed by atoms with van der Waals surface area (Å²) in [7, 11) is 1.52. The predicted molar refractivity (Wildman–Crippen MR) is 155 cm³/mol. The van der Waals surface area contributed by atoms with Crippen LogP contribution in [0.2, 0.25) is 0 Å². The Bertz CT molecular complexity index is 1400. The highest BCUT2D eigenvalue weighted by Gasteiger charge is 2.37. The number of nitrogens with zero attached hydrogens (tertiary/aromatic N) is 6. The molecular formula is C29H35ClF6N6O2. The van der Waals surface area contributed by atoms with Gasteiger partial charge in [-0.2, -0.15) is 31.1 Å². The Morgan fingerprint density at radius 3 is 2.09 bits per heavy atom. The molecule has 15 heteroatoms. The number of carboxylic acid groups (broad SMARTS) is 1. The Balaban J connectivity index is 0.00000529. The zero-order chi connectivity index (χ0) is 31.4. The predicted octanol–water partition coefficient (Wildman–Crippen LogP) is 6.84. The molecule has 2 aromatic carbocycles. The van der Waals surface area contributed by atoms with Crippen molar-refractivity contribution in [1.82, 2.24) is 20.2 Å². The maximum Gasteiger partial charge on any atom is 0.416 e. The molecule has 0 unspecified atom stereocenters. The van der Waals surface area contributed by atoms with E-state index in [2.05, 4.69) is 32.4 Å². The number of alkyl halides is 6. The van der Waals surface area contributed by atoms with Gasteiger partial charge in [0.15, 0.2) is 0 Å². The highest BCUT2D eigenvalue weighted by Crippen LogP contribution is 2.37. The average Bonchev–Trinajstić information content (AvgIpc) is 3.57. The second-order valence-corrected chi connectivity index (χ2v) is 10.7. The van der Waals surface area contributed by atoms with E-state index in [-0.39, 0.29) is 49.5 Å². The third-order valence-corrected chi connectivity index (χ3v) is 7.50. The van der Waals surface area contributed by atoms with Gasteiger partial charge in [-0.3, -0.25) is 4.79 Å². The number of aromatic nitrogens is 4. The van der Waals surface area contributed by atoms with Gasteiger partial charge in [-0.15, -0.1) is 17.5 Å². The Kier molecular flexibility index (Phi) is 11.5. The first-order valence-electron chi connectivity index (χ1n) is 14.1. The van der Waals surface area contributed by atoms with Crippen molar-refractivity contribution >= 4 is 30.0 Å². The standard InChI is InChI=1S/C29H34F6N6O2.ClH/c1-3-40(11-6-4-5-10-26(42)43)25-15-21-9-7-8-20(21)14-22(25)18-41(27-36-38-39(2)37-27)17-19-12-23(28(30,31)32)16-24(13-19)29(33,34)35;/h12-16H,3-11,17-18H2,1-2H3,(H,42,43);1H. The van der Waals surface area contributed by atoms with Gasteiger partial charge in [-0.05, 0) is 90.8 Å². The topological polar surface area (TPSA) is 87.4 Å². The smallest absolute Gasteiger partial charge is 0.416 e. The number of aryl methyl sites for hydroxylation is 3. The summed E-state index contributed by atoms with van der Waals surface area (Å²) in [6.07, 6.45) is -5.01. The lowest BCUT2D eigenvalue weighted by atomic mass is 10.0. The number of carbonyl (C=O) groups is 1. The van der Waals surface area contributed by atoms with Crippen LogP contribution < -0.4 is 9.80 Å². The number of fused-ring (bicyclic) bond motifs is 1. The Labute approximate surface area is 257 Å². The van der Waals surface area contributed by atoms with Crippen molar-refractivity contribution in [2.75, 3.05) is 22.9 Å². The molecule has 0 radical (unpaired) electrons. The molecule has 1 N–H and O–H groups in total. The minimum Gasteiger partial charge on any atom is -0.481 e. The summed E-state index contributed by atoms with van der Waals surface area (Å²) in [4.78, 5) is 15.7. The molecule has 0 saturated heterocycles. The average molecular weight is 649 g/mol. The number of rotatable bonds is 13. The van der Waals surface area contributed by atoms with Gasteiger partial charge < -0.3 is 14.9 Å². The minimum atomic E-state index is -4.97. The van der Waals surface area contributed by atoms with Gasteiger partial charge in [-0.25, -0.2) is 0 Å². The van der Waals surface area contributed by atoms with Gasteiger partial charge in [0.25, 0.3) is 5.95 Å². The van der Waals surface area contributed by atoms with Gasteiger partial charge in [0, 0.05) is 38.3 Å². The zero-order valence-electron chi connectivity index (χ0n) is 24.4. The molecule has 4 rings (SSSR count). The van der Waals surface area contributed by atoms with Crippen LogP contribution in [-0.4, -0.2) is 44.4 Å². The Morgan fingerprint density at radius 2 is 1.55 bits per heavy atom. The van der Waals surface area contributed by atoms with E-state index < -0.39 is 29.4 Å². The number of tetrazole rings is 1. The van der Waals surface area contributed by atoms with Crippen molar-refractivity contribution in [3.8, 4) is 0 Å². The fraction of sp³-hybridized carbons (Fsp3) is 0.517. The van der Waals surface area contributed by atoms with E-state index in [1.165, 1.54) is 22.3 Å². The van der Waals surface area contributed by atoms with Crippen LogP contribution in [0.1, 0.15) is 72.4 Å². The van der Waals surface area contributed by atoms with Crippen LogP contribution in [0.15, 0.2) is 30.3 Å². The van der Waals surface area contributed by atoms with Crippen molar-refractivity contribution < 1.29 is 36.2 Å². The molecule has 1 aliphatic rings. The lowest BCUT2D eigenvalue weighted by molar-refractivity contribution is -0.143. The maximum absolute atomic E-state index is 13.6. The van der Waals surface area contributed by atoms with Crippen molar-refractivity contribution in [2.24, 2.45) is 7.05 Å². The summed E-state index contributed by atoms with van der Waals surface area (Å²) in [6.45, 7) is 3.10. The van der Waals surface area contributed by atoms with Gasteiger partial charge in [0.2, 0.25) is 0 Å². The van der Waals surface area contributed by atoms with E-state index in [0.29, 0.717) is 19.5 Å². The van der Waals surface area contributed by atoms with E-state index in [1.807, 2.05) is 6.92 Å². The molecule has 44 heavy (non-hydrogen) atoms. The molecule has 0 saturated carbocycles. The second kappa shape index (κ2) is 14.5. The lowest BCUT2D eigenvalue weighted by Gasteiger charge is -2.29. The zero-order valence-corrected chi connectivity index (χ0v) is 25.2. The largest absolute Gasteiger partial charge is 0.481 e. The van der Waals surface area contributed by atoms with Crippen LogP contribution in [0.5, 0.6) is 0 Å². The van der Waals surface area contributed by atoms with Crippen LogP contribution in [0.3, 0.4) is 0 Å². The number of aliphatic carboxylic acids is 1. The molecule has 0 atom stereocenters. The molecule has 1 aromatic heterocycles. The van der Waals surface area contributed by atoms with E-state index in [9.17, 15) is 31.1 Å². The highest BCUT2D eigenvalue weighted by molar-refractivity contribution is 5.85. The fourth-order valence-electron chi connectivity index (χ4n) is 5.42. The highest BCUT2D eigenvalue weighted by atomic mass is 35.5. The summed E-state index contributed by atoms with van der Waals surface area (Å²) in [5.41, 5.74) is 1.15. The first kappa shape index (κ1) is 34.9. The number of unbranched alkanes of at least 4 members (excludes halogenated alkanes) is 2. The summed E-state index contributed by atoms with van der Waals surface area (Å²) in [6, 6.07) is 5.73. The van der Waals surface area contributed by atoms with E-state index >= 15 is 0 Å². The van der Waals surface area contributed by atoms with Crippen molar-refractivity contribution in [2.45, 2.75) is 77.3 Å². The Morgan fingerprint density at radius 1 is 0.909 bits per heavy atom. The van der Waals surface area contributed by atoms with E-state index in [0.717, 1.165) is 61.1 Å². The number of hydrogen-bond donors (Lipinski definition) is 1. The quantitative estimate of drug-likeness (QED) is 0.160. The van der Waals surface area contributed by atoms with Gasteiger partial charge in [-0.1, -0.05) is 17.6 Å². The minimum absolute atomic E-state index is 0. The maximum atomic E-state index is 13.6. The summed E-state index contributed by atoms with van der Waals surface area (Å²) < 4.78 is 81.5. The number of hydrogen-bond acceptors (Lipinski definition) is 6. The number of anilines is 2. The first-order chi connectivity index (χ1) is 20.2. The second-order valence-electron chi connectivity index (χ2n) is 10.7. The molecule has 8 nitrogen and oxygen atoms in total. The third kappa shape index (κ3) is 8.99. The summed E-state index contributed by atoms with van der Waals surface area (Å²) in [5.74, 6) is -0.772. The van der Waals surface area contributed by atoms with Crippen LogP contribution in [0.25, 0.3) is 0 Å². The molecule has 0 fully saturated rings. The fourth-order valence-corrected chi connectivity index (χ4v) is 5.42. The van der Waals surface area contributed by atoms with Crippen molar-refractivity contribution in [3.05, 3.63) is 63.7 Å². The normalized spacial score (nSPS) is 13.0. The van der Waals surface area contributed by atoms with Crippen molar-refractivity contribution in [3.63, 3.8) is 0 Å². The van der Waals surface area contributed by atoms with Gasteiger partial charge >= 0.3 is 18.3 Å². The van der Waals surface area contributed by atoms with E-state index in [4.69, 9.17) is 5.11 Å². The molecule has 1 aliphatic carbocycles. The van der Waals surface area contributed by atoms with Crippen molar-refractivity contribution in [1.29, 1.82) is 0 Å². The van der Waals surface area contributed by atoms with E-state index in [1.54, 1.807) is 0 Å². The molecule has 3 aromatic rings. The molecule has 0 aliphatic heterocycles. The van der Waals surface area contributed by atoms with Crippen LogP contribution >= 0.6 is 12.4 Å². The SMILES string of the molecule is CCN(CCCCCC(=O)O)c1cc2c(cc1CN(Cc1cc(C(F)(F)F)cc(C(F)(F)F)c1)c1nnn(C)n1)CCC2.Cl. The number of benzene rings is 2. The molecule has 0 spiro atoms. The molecular weight excluding hydrogens is 614 g/mol. The van der Waals surface area contributed by atoms with Crippen LogP contribution in [0.4, 0.5) is 38.0 Å². The first-order valence-corrected chi connectivity index (χ1v) is 14.1. The summed E-state index contributed by atoms with van der Waals surface area (Å²) >= 11 is 0. The van der Waals surface area contributed by atoms with Crippen LogP contribution in [-0.2, 0) is 50.1 Å². The Hall–Kier alpha value is -3.55. The van der Waals surface area contributed by atoms with Gasteiger partial charge in [0.05, 0.1) is 18.2 Å². The van der Waals surface area contributed by atoms with Crippen LogP contribution in [0, 0.1) is 0 Å². The summed E-state index contributed by atoms with van der Waals surface area (Å²) in [5, 5.41) is 21.0. The molecule has 0 amide bonds. The molecule has 242 valence electrons. The third-order valence-electron chi connectivity index (χ3n) is 7.50. The van der Waals surface area contributed by atoms with Gasteiger partial charge in [0.1, 0.15) is 0 Å².